The van der Waals surface area contributed by atoms with E-state index in [1.807, 2.05) is 30.5 Å². The molecule has 2 fully saturated rings. The Bertz CT molecular complexity index is 896. The average Bonchev–Trinajstić information content (AvgIpc) is 3.44. The van der Waals surface area contributed by atoms with Gasteiger partial charge >= 0.3 is 7.12 Å². The lowest BCUT2D eigenvalue weighted by Crippen LogP contribution is -2.45. The van der Waals surface area contributed by atoms with Crippen molar-refractivity contribution >= 4 is 28.5 Å². The standard InChI is InChI=1S/C24H32BBrN2O4/c1-23(2)24(3,32-25(31-23)19-5-7-21(15-29-4)27-13-19)12-18-11-17(18)9-10-30-16-22-8-6-20(26)14-28-22/h5-8,13-14,17-18H,9-12,15-16H2,1-4H3/t17?,18-,24?/m1/s1. The fourth-order valence-corrected chi connectivity index (χ4v) is 4.59. The fourth-order valence-electron chi connectivity index (χ4n) is 4.35. The zero-order valence-corrected chi connectivity index (χ0v) is 20.9. The van der Waals surface area contributed by atoms with Crippen molar-refractivity contribution in [2.45, 2.75) is 64.4 Å². The number of aromatic nitrogens is 2. The summed E-state index contributed by atoms with van der Waals surface area (Å²) in [5.74, 6) is 1.34. The third-order valence-electron chi connectivity index (χ3n) is 6.85. The van der Waals surface area contributed by atoms with Crippen LogP contribution in [0.15, 0.2) is 41.1 Å². The first kappa shape index (κ1) is 23.8. The Balaban J connectivity index is 1.25. The van der Waals surface area contributed by atoms with E-state index in [2.05, 4.69) is 46.7 Å². The van der Waals surface area contributed by atoms with Gasteiger partial charge in [-0.1, -0.05) is 6.07 Å². The number of hydrogen-bond acceptors (Lipinski definition) is 6. The van der Waals surface area contributed by atoms with Crippen LogP contribution in [0.25, 0.3) is 0 Å². The van der Waals surface area contributed by atoms with Crippen LogP contribution in [0.4, 0.5) is 0 Å². The molecular weight excluding hydrogens is 471 g/mol. The summed E-state index contributed by atoms with van der Waals surface area (Å²) in [4.78, 5) is 8.81. The molecule has 32 heavy (non-hydrogen) atoms. The van der Waals surface area contributed by atoms with E-state index >= 15 is 0 Å². The molecule has 0 aromatic carbocycles. The Morgan fingerprint density at radius 3 is 2.47 bits per heavy atom. The largest absolute Gasteiger partial charge is 0.496 e. The Kier molecular flexibility index (Phi) is 7.37. The SMILES string of the molecule is COCc1ccc(B2OC(C)(C)C(C)(C[C@H]3CC3CCOCc3ccc(Br)cn3)O2)cn1. The number of rotatable bonds is 10. The van der Waals surface area contributed by atoms with Gasteiger partial charge in [-0.25, -0.2) is 0 Å². The molecule has 3 atom stereocenters. The molecule has 0 amide bonds. The molecule has 1 aliphatic carbocycles. The zero-order chi connectivity index (χ0) is 22.8. The highest BCUT2D eigenvalue weighted by Crippen LogP contribution is 2.51. The first-order valence-corrected chi connectivity index (χ1v) is 12.1. The smallest absolute Gasteiger partial charge is 0.399 e. The number of nitrogens with zero attached hydrogens (tertiary/aromatic N) is 2. The van der Waals surface area contributed by atoms with Gasteiger partial charge in [-0.05, 0) is 86.0 Å². The van der Waals surface area contributed by atoms with E-state index in [-0.39, 0.29) is 11.2 Å². The van der Waals surface area contributed by atoms with Gasteiger partial charge in [0.15, 0.2) is 0 Å². The van der Waals surface area contributed by atoms with Crippen molar-refractivity contribution in [2.75, 3.05) is 13.7 Å². The summed E-state index contributed by atoms with van der Waals surface area (Å²) in [7, 11) is 1.28. The van der Waals surface area contributed by atoms with Gasteiger partial charge < -0.3 is 18.8 Å². The second-order valence-electron chi connectivity index (χ2n) is 9.59. The van der Waals surface area contributed by atoms with Crippen LogP contribution in [0.5, 0.6) is 0 Å². The second-order valence-corrected chi connectivity index (χ2v) is 10.5. The molecule has 1 saturated heterocycles. The van der Waals surface area contributed by atoms with Crippen molar-refractivity contribution in [3.05, 3.63) is 52.5 Å². The van der Waals surface area contributed by atoms with Crippen LogP contribution in [0, 0.1) is 11.8 Å². The summed E-state index contributed by atoms with van der Waals surface area (Å²) in [6, 6.07) is 7.97. The van der Waals surface area contributed by atoms with Crippen molar-refractivity contribution in [1.82, 2.24) is 9.97 Å². The van der Waals surface area contributed by atoms with Gasteiger partial charge in [0.1, 0.15) is 0 Å². The first-order chi connectivity index (χ1) is 15.3. The van der Waals surface area contributed by atoms with E-state index in [4.69, 9.17) is 18.8 Å². The maximum atomic E-state index is 6.51. The van der Waals surface area contributed by atoms with Crippen LogP contribution in [0.3, 0.4) is 0 Å². The van der Waals surface area contributed by atoms with E-state index in [0.717, 1.165) is 40.8 Å². The molecule has 6 nitrogen and oxygen atoms in total. The van der Waals surface area contributed by atoms with Crippen LogP contribution >= 0.6 is 15.9 Å². The molecule has 0 spiro atoms. The minimum Gasteiger partial charge on any atom is -0.399 e. The number of halogens is 1. The lowest BCUT2D eigenvalue weighted by atomic mass is 9.80. The van der Waals surface area contributed by atoms with E-state index in [0.29, 0.717) is 25.0 Å². The fraction of sp³-hybridized carbons (Fsp3) is 0.583. The van der Waals surface area contributed by atoms with Gasteiger partial charge in [0.25, 0.3) is 0 Å². The van der Waals surface area contributed by atoms with Crippen LogP contribution in [-0.4, -0.2) is 42.0 Å². The Morgan fingerprint density at radius 1 is 1.03 bits per heavy atom. The average molecular weight is 503 g/mol. The monoisotopic (exact) mass is 502 g/mol. The molecule has 2 unspecified atom stereocenters. The van der Waals surface area contributed by atoms with Gasteiger partial charge in [-0.3, -0.25) is 9.97 Å². The molecule has 0 bridgehead atoms. The predicted molar refractivity (Wildman–Crippen MR) is 127 cm³/mol. The molecule has 2 aromatic rings. The lowest BCUT2D eigenvalue weighted by molar-refractivity contribution is -0.0208. The molecule has 2 aromatic heterocycles. The van der Waals surface area contributed by atoms with Crippen LogP contribution < -0.4 is 5.46 Å². The summed E-state index contributed by atoms with van der Waals surface area (Å²) < 4.78 is 24.8. The van der Waals surface area contributed by atoms with Gasteiger partial charge in [0, 0.05) is 36.0 Å². The second kappa shape index (κ2) is 9.89. The van der Waals surface area contributed by atoms with E-state index in [9.17, 15) is 0 Å². The molecule has 2 aliphatic rings. The Labute approximate surface area is 199 Å². The predicted octanol–water partition coefficient (Wildman–Crippen LogP) is 4.30. The zero-order valence-electron chi connectivity index (χ0n) is 19.3. The van der Waals surface area contributed by atoms with Crippen molar-refractivity contribution in [2.24, 2.45) is 11.8 Å². The van der Waals surface area contributed by atoms with Crippen LogP contribution in [0.1, 0.15) is 51.4 Å². The number of hydrogen-bond donors (Lipinski definition) is 0. The Morgan fingerprint density at radius 2 is 1.78 bits per heavy atom. The minimum atomic E-state index is -0.391. The molecule has 3 heterocycles. The number of pyridine rings is 2. The Hall–Kier alpha value is -1.32. The first-order valence-electron chi connectivity index (χ1n) is 11.3. The van der Waals surface area contributed by atoms with Gasteiger partial charge in [0.05, 0.1) is 35.8 Å². The molecule has 0 radical (unpaired) electrons. The third kappa shape index (κ3) is 5.60. The van der Waals surface area contributed by atoms with Gasteiger partial charge in [-0.15, -0.1) is 0 Å². The van der Waals surface area contributed by atoms with Crippen molar-refractivity contribution in [3.63, 3.8) is 0 Å². The molecule has 172 valence electrons. The van der Waals surface area contributed by atoms with E-state index in [1.54, 1.807) is 13.3 Å². The lowest BCUT2D eigenvalue weighted by Gasteiger charge is -2.36. The third-order valence-corrected chi connectivity index (χ3v) is 7.32. The summed E-state index contributed by atoms with van der Waals surface area (Å²) in [5, 5.41) is 0. The van der Waals surface area contributed by atoms with Crippen molar-refractivity contribution in [3.8, 4) is 0 Å². The van der Waals surface area contributed by atoms with Crippen LogP contribution in [-0.2, 0) is 32.0 Å². The summed E-state index contributed by atoms with van der Waals surface area (Å²) >= 11 is 3.40. The highest BCUT2D eigenvalue weighted by molar-refractivity contribution is 9.10. The maximum Gasteiger partial charge on any atom is 0.496 e. The molecule has 8 heteroatoms. The number of ether oxygens (including phenoxy) is 2. The van der Waals surface area contributed by atoms with E-state index < -0.39 is 7.12 Å². The molecule has 1 aliphatic heterocycles. The topological polar surface area (TPSA) is 62.7 Å². The van der Waals surface area contributed by atoms with Gasteiger partial charge in [0.2, 0.25) is 0 Å². The summed E-state index contributed by atoms with van der Waals surface area (Å²) in [6.07, 6.45) is 6.93. The molecular formula is C24H32BBrN2O4. The van der Waals surface area contributed by atoms with Gasteiger partial charge in [-0.2, -0.15) is 0 Å². The normalized spacial score (nSPS) is 26.5. The molecule has 4 rings (SSSR count). The summed E-state index contributed by atoms with van der Waals surface area (Å²) in [5.41, 5.74) is 2.09. The maximum absolute atomic E-state index is 6.51. The minimum absolute atomic E-state index is 0.343. The number of methoxy groups -OCH3 is 1. The summed E-state index contributed by atoms with van der Waals surface area (Å²) in [6.45, 7) is 8.27. The highest BCUT2D eigenvalue weighted by atomic mass is 79.9. The molecule has 0 N–H and O–H groups in total. The molecule has 1 saturated carbocycles. The highest BCUT2D eigenvalue weighted by Gasteiger charge is 2.57. The van der Waals surface area contributed by atoms with Crippen molar-refractivity contribution in [1.29, 1.82) is 0 Å². The quantitative estimate of drug-likeness (QED) is 0.356. The van der Waals surface area contributed by atoms with Crippen molar-refractivity contribution < 1.29 is 18.8 Å². The van der Waals surface area contributed by atoms with E-state index in [1.165, 1.54) is 6.42 Å². The van der Waals surface area contributed by atoms with Crippen LogP contribution in [0.2, 0.25) is 0 Å².